The molecule has 1 rings (SSSR count). The summed E-state index contributed by atoms with van der Waals surface area (Å²) in [5.74, 6) is 1.56. The van der Waals surface area contributed by atoms with Gasteiger partial charge >= 0.3 is 0 Å². The Bertz CT molecular complexity index is 359. The molecular weight excluding hydrogens is 204 g/mol. The van der Waals surface area contributed by atoms with Crippen LogP contribution in [-0.4, -0.2) is 25.9 Å². The normalized spacial score (nSPS) is 10.3. The fourth-order valence-corrected chi connectivity index (χ4v) is 2.01. The Balaban J connectivity index is 3.18. The molecule has 0 fully saturated rings. The van der Waals surface area contributed by atoms with Gasteiger partial charge in [-0.1, -0.05) is 0 Å². The molecule has 1 aromatic carbocycles. The summed E-state index contributed by atoms with van der Waals surface area (Å²) in [5, 5.41) is 8.88. The Kier molecular flexibility index (Phi) is 4.62. The molecule has 0 atom stereocenters. The molecule has 0 aromatic heterocycles. The van der Waals surface area contributed by atoms with E-state index in [4.69, 9.17) is 14.6 Å². The average Bonchev–Trinajstić information content (AvgIpc) is 2.28. The number of benzene rings is 1. The van der Waals surface area contributed by atoms with Crippen LogP contribution in [0.5, 0.6) is 11.5 Å². The van der Waals surface area contributed by atoms with Gasteiger partial charge in [-0.25, -0.2) is 0 Å². The Morgan fingerprint density at radius 1 is 1.19 bits per heavy atom. The minimum Gasteiger partial charge on any atom is -0.493 e. The lowest BCUT2D eigenvalue weighted by molar-refractivity contribution is 0.288. The zero-order valence-electron chi connectivity index (χ0n) is 10.5. The lowest BCUT2D eigenvalue weighted by Crippen LogP contribution is -2.01. The van der Waals surface area contributed by atoms with Crippen molar-refractivity contribution in [2.45, 2.75) is 26.7 Å². The summed E-state index contributed by atoms with van der Waals surface area (Å²) in [7, 11) is 3.29. The van der Waals surface area contributed by atoms with Crippen molar-refractivity contribution in [3.8, 4) is 11.5 Å². The highest BCUT2D eigenvalue weighted by atomic mass is 16.5. The van der Waals surface area contributed by atoms with Gasteiger partial charge in [-0.05, 0) is 49.4 Å². The Morgan fingerprint density at radius 2 is 1.88 bits per heavy atom. The molecule has 16 heavy (non-hydrogen) atoms. The van der Waals surface area contributed by atoms with Gasteiger partial charge in [-0.2, -0.15) is 0 Å². The molecule has 0 saturated carbocycles. The number of aryl methyl sites for hydroxylation is 1. The van der Waals surface area contributed by atoms with Crippen molar-refractivity contribution in [1.82, 2.24) is 0 Å². The quantitative estimate of drug-likeness (QED) is 0.833. The molecule has 0 aliphatic heterocycles. The number of hydrogen-bond donors (Lipinski definition) is 1. The highest BCUT2D eigenvalue weighted by Crippen LogP contribution is 2.35. The molecule has 0 saturated heterocycles. The summed E-state index contributed by atoms with van der Waals surface area (Å²) < 4.78 is 10.6. The largest absolute Gasteiger partial charge is 0.493 e. The second-order valence-corrected chi connectivity index (χ2v) is 3.86. The third-order valence-electron chi connectivity index (χ3n) is 2.85. The maximum absolute atomic E-state index is 8.88. The van der Waals surface area contributed by atoms with Crippen LogP contribution in [-0.2, 0) is 6.42 Å². The van der Waals surface area contributed by atoms with E-state index in [1.807, 2.05) is 13.0 Å². The number of aliphatic hydroxyl groups is 1. The van der Waals surface area contributed by atoms with Gasteiger partial charge in [0, 0.05) is 6.61 Å². The van der Waals surface area contributed by atoms with E-state index in [0.717, 1.165) is 29.9 Å². The van der Waals surface area contributed by atoms with Crippen molar-refractivity contribution >= 4 is 0 Å². The molecule has 1 aromatic rings. The first-order valence-electron chi connectivity index (χ1n) is 5.47. The molecule has 0 aliphatic rings. The predicted octanol–water partition coefficient (Wildman–Crippen LogP) is 2.25. The van der Waals surface area contributed by atoms with E-state index in [2.05, 4.69) is 6.92 Å². The van der Waals surface area contributed by atoms with Crippen LogP contribution in [0.15, 0.2) is 6.07 Å². The number of rotatable bonds is 5. The highest BCUT2D eigenvalue weighted by Gasteiger charge is 2.13. The van der Waals surface area contributed by atoms with Crippen molar-refractivity contribution in [3.63, 3.8) is 0 Å². The Labute approximate surface area is 97.0 Å². The fourth-order valence-electron chi connectivity index (χ4n) is 2.01. The maximum atomic E-state index is 8.88. The van der Waals surface area contributed by atoms with Gasteiger partial charge in [0.25, 0.3) is 0 Å². The van der Waals surface area contributed by atoms with Crippen LogP contribution in [0.1, 0.15) is 23.1 Å². The van der Waals surface area contributed by atoms with E-state index in [1.165, 1.54) is 11.1 Å². The molecule has 3 nitrogen and oxygen atoms in total. The molecule has 0 radical (unpaired) electrons. The van der Waals surface area contributed by atoms with Crippen molar-refractivity contribution in [2.24, 2.45) is 0 Å². The summed E-state index contributed by atoms with van der Waals surface area (Å²) in [4.78, 5) is 0. The van der Waals surface area contributed by atoms with E-state index in [0.29, 0.717) is 0 Å². The smallest absolute Gasteiger partial charge is 0.163 e. The molecule has 1 N–H and O–H groups in total. The van der Waals surface area contributed by atoms with E-state index in [9.17, 15) is 0 Å². The lowest BCUT2D eigenvalue weighted by Gasteiger charge is -2.16. The Morgan fingerprint density at radius 3 is 2.38 bits per heavy atom. The van der Waals surface area contributed by atoms with Gasteiger partial charge in [0.1, 0.15) is 0 Å². The van der Waals surface area contributed by atoms with Gasteiger partial charge < -0.3 is 14.6 Å². The van der Waals surface area contributed by atoms with Crippen LogP contribution in [0.4, 0.5) is 0 Å². The van der Waals surface area contributed by atoms with Crippen LogP contribution in [0.2, 0.25) is 0 Å². The molecule has 90 valence electrons. The van der Waals surface area contributed by atoms with Crippen LogP contribution >= 0.6 is 0 Å². The topological polar surface area (TPSA) is 38.7 Å². The summed E-state index contributed by atoms with van der Waals surface area (Å²) in [5.41, 5.74) is 3.53. The van der Waals surface area contributed by atoms with Crippen LogP contribution in [0, 0.1) is 13.8 Å². The fraction of sp³-hybridized carbons (Fsp3) is 0.538. The number of aliphatic hydroxyl groups excluding tert-OH is 1. The van der Waals surface area contributed by atoms with E-state index in [1.54, 1.807) is 14.2 Å². The van der Waals surface area contributed by atoms with Crippen molar-refractivity contribution in [1.29, 1.82) is 0 Å². The van der Waals surface area contributed by atoms with E-state index in [-0.39, 0.29) is 6.61 Å². The SMILES string of the molecule is COc1cc(C)c(CCCO)c(C)c1OC. The molecule has 0 spiro atoms. The maximum Gasteiger partial charge on any atom is 0.163 e. The summed E-state index contributed by atoms with van der Waals surface area (Å²) >= 11 is 0. The monoisotopic (exact) mass is 224 g/mol. The standard InChI is InChI=1S/C13H20O3/c1-9-8-12(15-3)13(16-4)10(2)11(9)6-5-7-14/h8,14H,5-7H2,1-4H3. The van der Waals surface area contributed by atoms with Crippen molar-refractivity contribution < 1.29 is 14.6 Å². The third-order valence-corrected chi connectivity index (χ3v) is 2.85. The minimum absolute atomic E-state index is 0.216. The predicted molar refractivity (Wildman–Crippen MR) is 64.4 cm³/mol. The second-order valence-electron chi connectivity index (χ2n) is 3.86. The molecule has 0 aliphatic carbocycles. The molecule has 0 heterocycles. The first-order chi connectivity index (χ1) is 7.65. The van der Waals surface area contributed by atoms with Gasteiger partial charge in [-0.3, -0.25) is 0 Å². The molecular formula is C13H20O3. The number of ether oxygens (including phenoxy) is 2. The van der Waals surface area contributed by atoms with Crippen molar-refractivity contribution in [3.05, 3.63) is 22.8 Å². The summed E-state index contributed by atoms with van der Waals surface area (Å²) in [6, 6.07) is 1.98. The van der Waals surface area contributed by atoms with E-state index < -0.39 is 0 Å². The van der Waals surface area contributed by atoms with Gasteiger partial charge in [0.15, 0.2) is 11.5 Å². The zero-order valence-corrected chi connectivity index (χ0v) is 10.5. The first-order valence-corrected chi connectivity index (χ1v) is 5.47. The molecule has 0 unspecified atom stereocenters. The lowest BCUT2D eigenvalue weighted by atomic mass is 9.97. The van der Waals surface area contributed by atoms with Gasteiger partial charge in [0.05, 0.1) is 14.2 Å². The number of hydrogen-bond acceptors (Lipinski definition) is 3. The van der Waals surface area contributed by atoms with Crippen molar-refractivity contribution in [2.75, 3.05) is 20.8 Å². The van der Waals surface area contributed by atoms with E-state index >= 15 is 0 Å². The van der Waals surface area contributed by atoms with Gasteiger partial charge in [0.2, 0.25) is 0 Å². The number of methoxy groups -OCH3 is 2. The van der Waals surface area contributed by atoms with Crippen LogP contribution in [0.25, 0.3) is 0 Å². The second kappa shape index (κ2) is 5.75. The zero-order chi connectivity index (χ0) is 12.1. The average molecular weight is 224 g/mol. The van der Waals surface area contributed by atoms with Crippen LogP contribution in [0.3, 0.4) is 0 Å². The highest BCUT2D eigenvalue weighted by molar-refractivity contribution is 5.53. The minimum atomic E-state index is 0.216. The molecule has 0 amide bonds. The summed E-state index contributed by atoms with van der Waals surface area (Å²) in [6.07, 6.45) is 1.64. The third kappa shape index (κ3) is 2.47. The summed E-state index contributed by atoms with van der Waals surface area (Å²) in [6.45, 7) is 4.30. The first kappa shape index (κ1) is 12.8. The molecule has 0 bridgehead atoms. The molecule has 3 heteroatoms. The van der Waals surface area contributed by atoms with Crippen LogP contribution < -0.4 is 9.47 Å². The van der Waals surface area contributed by atoms with Gasteiger partial charge in [-0.15, -0.1) is 0 Å². The Hall–Kier alpha value is -1.22.